The fourth-order valence-corrected chi connectivity index (χ4v) is 6.44. The average molecular weight is 531 g/mol. The van der Waals surface area contributed by atoms with Crippen molar-refractivity contribution in [3.8, 4) is 11.1 Å². The van der Waals surface area contributed by atoms with Gasteiger partial charge in [0.1, 0.15) is 5.82 Å². The van der Waals surface area contributed by atoms with Gasteiger partial charge in [0.25, 0.3) is 5.91 Å². The van der Waals surface area contributed by atoms with Crippen molar-refractivity contribution in [1.82, 2.24) is 14.5 Å². The fourth-order valence-electron chi connectivity index (χ4n) is 5.29. The van der Waals surface area contributed by atoms with E-state index in [1.807, 2.05) is 43.6 Å². The van der Waals surface area contributed by atoms with Crippen molar-refractivity contribution in [2.75, 3.05) is 31.1 Å². The first-order valence-corrected chi connectivity index (χ1v) is 14.1. The van der Waals surface area contributed by atoms with Crippen molar-refractivity contribution in [1.29, 1.82) is 0 Å². The lowest BCUT2D eigenvalue weighted by atomic mass is 10.0. The van der Waals surface area contributed by atoms with Crippen LogP contribution in [-0.4, -0.2) is 57.7 Å². The van der Waals surface area contributed by atoms with Crippen LogP contribution in [0.4, 0.5) is 5.82 Å². The van der Waals surface area contributed by atoms with Gasteiger partial charge < -0.3 is 19.5 Å². The summed E-state index contributed by atoms with van der Waals surface area (Å²) in [5.41, 5.74) is 2.95. The van der Waals surface area contributed by atoms with Crippen LogP contribution >= 0.6 is 11.3 Å². The van der Waals surface area contributed by atoms with Crippen molar-refractivity contribution in [3.05, 3.63) is 81.7 Å². The van der Waals surface area contributed by atoms with Crippen LogP contribution in [0.25, 0.3) is 21.2 Å². The maximum absolute atomic E-state index is 14.0. The molecule has 7 nitrogen and oxygen atoms in total. The molecule has 0 atom stereocenters. The van der Waals surface area contributed by atoms with Crippen LogP contribution in [0.2, 0.25) is 0 Å². The molecule has 1 aliphatic heterocycles. The van der Waals surface area contributed by atoms with Gasteiger partial charge in [-0.1, -0.05) is 12.1 Å². The summed E-state index contributed by atoms with van der Waals surface area (Å²) in [6.45, 7) is 4.53. The third kappa shape index (κ3) is 5.37. The highest BCUT2D eigenvalue weighted by Gasteiger charge is 2.30. The van der Waals surface area contributed by atoms with Crippen molar-refractivity contribution in [2.45, 2.75) is 38.6 Å². The summed E-state index contributed by atoms with van der Waals surface area (Å²) < 4.78 is 2.66. The minimum Gasteiger partial charge on any atom is -0.396 e. The standard InChI is InChI=1S/C30H34N4O3S/c1-21-25-19-22(23-9-11-28(36)32(2)20-23)8-10-26(25)38-29(21)30(37)34(15-5-6-18-35)24-12-16-33(17-13-24)27-7-3-4-14-31-27/h3-4,7-11,14,19-20,24,35H,5-6,12-13,15-18H2,1-2H3. The Labute approximate surface area is 227 Å². The molecule has 0 radical (unpaired) electrons. The molecule has 0 spiro atoms. The van der Waals surface area contributed by atoms with E-state index in [0.29, 0.717) is 13.0 Å². The van der Waals surface area contributed by atoms with Crippen LogP contribution < -0.4 is 10.5 Å². The van der Waals surface area contributed by atoms with Crippen molar-refractivity contribution in [2.24, 2.45) is 7.05 Å². The van der Waals surface area contributed by atoms with Gasteiger partial charge >= 0.3 is 0 Å². The van der Waals surface area contributed by atoms with Crippen LogP contribution in [0.15, 0.2) is 65.7 Å². The normalized spacial score (nSPS) is 14.2. The van der Waals surface area contributed by atoms with Gasteiger partial charge in [-0.15, -0.1) is 11.3 Å². The molecule has 4 heterocycles. The Morgan fingerprint density at radius 1 is 1.11 bits per heavy atom. The molecule has 1 fully saturated rings. The molecular formula is C30H34N4O3S. The van der Waals surface area contributed by atoms with Crippen LogP contribution in [0.1, 0.15) is 40.9 Å². The number of thiophene rings is 1. The van der Waals surface area contributed by atoms with Gasteiger partial charge in [-0.3, -0.25) is 9.59 Å². The number of aromatic nitrogens is 2. The van der Waals surface area contributed by atoms with E-state index in [-0.39, 0.29) is 24.1 Å². The molecule has 1 N–H and O–H groups in total. The monoisotopic (exact) mass is 530 g/mol. The molecule has 8 heteroatoms. The van der Waals surface area contributed by atoms with Gasteiger partial charge in [0.15, 0.2) is 0 Å². The maximum atomic E-state index is 14.0. The highest BCUT2D eigenvalue weighted by molar-refractivity contribution is 7.21. The summed E-state index contributed by atoms with van der Waals surface area (Å²) in [5.74, 6) is 1.07. The number of piperidine rings is 1. The minimum absolute atomic E-state index is 0.0402. The number of anilines is 1. The van der Waals surface area contributed by atoms with E-state index >= 15 is 0 Å². The number of fused-ring (bicyclic) bond motifs is 1. The second-order valence-corrected chi connectivity index (χ2v) is 11.0. The number of rotatable bonds is 8. The SMILES string of the molecule is Cc1c(C(=O)N(CCCCO)C2CCN(c3ccccn3)CC2)sc2ccc(-c3ccc(=O)n(C)c3)cc12. The van der Waals surface area contributed by atoms with Gasteiger partial charge in [-0.2, -0.15) is 0 Å². The van der Waals surface area contributed by atoms with E-state index in [4.69, 9.17) is 0 Å². The molecule has 3 aromatic heterocycles. The number of unbranched alkanes of at least 4 members (excludes halogenated alkanes) is 1. The Morgan fingerprint density at radius 3 is 2.61 bits per heavy atom. The summed E-state index contributed by atoms with van der Waals surface area (Å²) in [4.78, 5) is 35.5. The lowest BCUT2D eigenvalue weighted by Gasteiger charge is -2.39. The first-order chi connectivity index (χ1) is 18.5. The number of benzene rings is 1. The Bertz CT molecular complexity index is 1470. The predicted octanol–water partition coefficient (Wildman–Crippen LogP) is 4.85. The molecule has 1 aliphatic rings. The third-order valence-corrected chi connectivity index (χ3v) is 8.76. The smallest absolute Gasteiger partial charge is 0.264 e. The van der Waals surface area contributed by atoms with Gasteiger partial charge in [0.05, 0.1) is 4.88 Å². The van der Waals surface area contributed by atoms with Crippen LogP contribution in [0.3, 0.4) is 0 Å². The number of amides is 1. The number of carbonyl (C=O) groups excluding carboxylic acids is 1. The van der Waals surface area contributed by atoms with E-state index in [9.17, 15) is 14.7 Å². The molecule has 5 rings (SSSR count). The second kappa shape index (κ2) is 11.5. The van der Waals surface area contributed by atoms with Crippen LogP contribution in [0.5, 0.6) is 0 Å². The van der Waals surface area contributed by atoms with Gasteiger partial charge in [-0.25, -0.2) is 4.98 Å². The van der Waals surface area contributed by atoms with Crippen molar-refractivity contribution in [3.63, 3.8) is 0 Å². The second-order valence-electron chi connectivity index (χ2n) is 9.97. The summed E-state index contributed by atoms with van der Waals surface area (Å²) in [6.07, 6.45) is 6.91. The summed E-state index contributed by atoms with van der Waals surface area (Å²) in [7, 11) is 1.75. The molecule has 1 aromatic carbocycles. The Morgan fingerprint density at radius 2 is 1.89 bits per heavy atom. The molecule has 0 bridgehead atoms. The summed E-state index contributed by atoms with van der Waals surface area (Å²) in [6, 6.07) is 15.8. The number of hydrogen-bond donors (Lipinski definition) is 1. The highest BCUT2D eigenvalue weighted by Crippen LogP contribution is 2.35. The third-order valence-electron chi connectivity index (χ3n) is 7.50. The number of aliphatic hydroxyl groups is 1. The number of pyridine rings is 2. The molecule has 4 aromatic rings. The number of nitrogens with zero attached hydrogens (tertiary/aromatic N) is 4. The number of aryl methyl sites for hydroxylation is 2. The molecule has 198 valence electrons. The molecule has 0 unspecified atom stereocenters. The largest absolute Gasteiger partial charge is 0.396 e. The van der Waals surface area contributed by atoms with E-state index in [1.54, 1.807) is 29.0 Å². The van der Waals surface area contributed by atoms with Crippen LogP contribution in [-0.2, 0) is 7.05 Å². The Kier molecular flexibility index (Phi) is 7.90. The summed E-state index contributed by atoms with van der Waals surface area (Å²) >= 11 is 1.55. The topological polar surface area (TPSA) is 78.7 Å². The van der Waals surface area contributed by atoms with Gasteiger partial charge in [-0.05, 0) is 85.0 Å². The number of aliphatic hydroxyl groups excluding tert-OH is 1. The zero-order valence-corrected chi connectivity index (χ0v) is 22.8. The zero-order valence-electron chi connectivity index (χ0n) is 22.0. The minimum atomic E-state index is -0.0402. The predicted molar refractivity (Wildman–Crippen MR) is 154 cm³/mol. The van der Waals surface area contributed by atoms with E-state index in [2.05, 4.69) is 33.0 Å². The highest BCUT2D eigenvalue weighted by atomic mass is 32.1. The van der Waals surface area contributed by atoms with E-state index < -0.39 is 0 Å². The quantitative estimate of drug-likeness (QED) is 0.330. The molecule has 1 saturated heterocycles. The molecule has 0 aliphatic carbocycles. The Balaban J connectivity index is 1.40. The van der Waals surface area contributed by atoms with E-state index in [0.717, 1.165) is 69.8 Å². The number of hydrogen-bond acceptors (Lipinski definition) is 6. The van der Waals surface area contributed by atoms with Crippen LogP contribution in [0, 0.1) is 6.92 Å². The average Bonchev–Trinajstić information content (AvgIpc) is 3.28. The maximum Gasteiger partial charge on any atom is 0.264 e. The summed E-state index contributed by atoms with van der Waals surface area (Å²) in [5, 5.41) is 10.4. The lowest BCUT2D eigenvalue weighted by molar-refractivity contribution is 0.0646. The number of carbonyl (C=O) groups is 1. The first kappa shape index (κ1) is 26.1. The molecule has 0 saturated carbocycles. The lowest BCUT2D eigenvalue weighted by Crippen LogP contribution is -2.48. The van der Waals surface area contributed by atoms with Crippen molar-refractivity contribution >= 4 is 33.1 Å². The molecule has 1 amide bonds. The first-order valence-electron chi connectivity index (χ1n) is 13.2. The van der Waals surface area contributed by atoms with Crippen molar-refractivity contribution < 1.29 is 9.90 Å². The fraction of sp³-hybridized carbons (Fsp3) is 0.367. The molecular weight excluding hydrogens is 496 g/mol. The molecule has 38 heavy (non-hydrogen) atoms. The zero-order chi connectivity index (χ0) is 26.6. The Hall–Kier alpha value is -3.49. The van der Waals surface area contributed by atoms with E-state index in [1.165, 1.54) is 0 Å². The van der Waals surface area contributed by atoms with Gasteiger partial charge in [0.2, 0.25) is 5.56 Å². The van der Waals surface area contributed by atoms with Gasteiger partial charge in [0, 0.05) is 62.5 Å².